The summed E-state index contributed by atoms with van der Waals surface area (Å²) in [5.74, 6) is 1.10. The fourth-order valence-electron chi connectivity index (χ4n) is 2.27. The first kappa shape index (κ1) is 14.8. The zero-order valence-corrected chi connectivity index (χ0v) is 12.3. The molecule has 0 radical (unpaired) electrons. The minimum atomic E-state index is 0.661. The van der Waals surface area contributed by atoms with Crippen molar-refractivity contribution >= 4 is 0 Å². The zero-order chi connectivity index (χ0) is 14.2. The van der Waals surface area contributed by atoms with Crippen LogP contribution >= 0.6 is 0 Å². The van der Waals surface area contributed by atoms with Crippen LogP contribution in [0, 0.1) is 0 Å². The van der Waals surface area contributed by atoms with E-state index in [4.69, 9.17) is 4.74 Å². The van der Waals surface area contributed by atoms with Crippen LogP contribution in [-0.4, -0.2) is 16.7 Å². The number of hydrogen-bond donors (Lipinski definition) is 1. The van der Waals surface area contributed by atoms with Gasteiger partial charge in [-0.05, 0) is 17.5 Å². The number of nitrogens with one attached hydrogen (secondary N) is 1. The first-order valence-electron chi connectivity index (χ1n) is 7.11. The smallest absolute Gasteiger partial charge is 0.122 e. The minimum absolute atomic E-state index is 0.661. The first-order chi connectivity index (χ1) is 9.83. The monoisotopic (exact) mass is 273 g/mol. The Morgan fingerprint density at radius 1 is 1.25 bits per heavy atom. The first-order valence-corrected chi connectivity index (χ1v) is 7.11. The summed E-state index contributed by atoms with van der Waals surface area (Å²) in [7, 11) is 1.72. The molecule has 0 unspecified atom stereocenters. The lowest BCUT2D eigenvalue weighted by Crippen LogP contribution is -2.16. The van der Waals surface area contributed by atoms with E-state index >= 15 is 0 Å². The molecule has 0 bridgehead atoms. The number of imidazole rings is 1. The van der Waals surface area contributed by atoms with Crippen molar-refractivity contribution in [1.82, 2.24) is 14.9 Å². The number of aryl methyl sites for hydroxylation is 1. The predicted molar refractivity (Wildman–Crippen MR) is 80.2 cm³/mol. The second-order valence-electron chi connectivity index (χ2n) is 4.89. The molecule has 1 aromatic heterocycles. The highest BCUT2D eigenvalue weighted by Gasteiger charge is 2.02. The fraction of sp³-hybridized carbons (Fsp3) is 0.438. The lowest BCUT2D eigenvalue weighted by molar-refractivity contribution is 0.185. The van der Waals surface area contributed by atoms with Crippen LogP contribution in [-0.2, 0) is 31.0 Å². The molecule has 4 heteroatoms. The van der Waals surface area contributed by atoms with Gasteiger partial charge in [-0.1, -0.05) is 31.2 Å². The minimum Gasteiger partial charge on any atom is -0.380 e. The number of benzene rings is 1. The average Bonchev–Trinajstić information content (AvgIpc) is 2.88. The molecule has 0 aliphatic heterocycles. The van der Waals surface area contributed by atoms with Crippen LogP contribution in [0.3, 0.4) is 0 Å². The van der Waals surface area contributed by atoms with Gasteiger partial charge in [0.25, 0.3) is 0 Å². The number of hydrogen-bond acceptors (Lipinski definition) is 3. The molecule has 20 heavy (non-hydrogen) atoms. The molecule has 1 heterocycles. The van der Waals surface area contributed by atoms with Gasteiger partial charge in [0.2, 0.25) is 0 Å². The zero-order valence-electron chi connectivity index (χ0n) is 12.3. The van der Waals surface area contributed by atoms with Crippen molar-refractivity contribution in [2.75, 3.05) is 7.11 Å². The third-order valence-corrected chi connectivity index (χ3v) is 3.18. The molecule has 2 aromatic rings. The van der Waals surface area contributed by atoms with E-state index in [-0.39, 0.29) is 0 Å². The van der Waals surface area contributed by atoms with E-state index in [0.29, 0.717) is 6.61 Å². The Morgan fingerprint density at radius 3 is 2.90 bits per heavy atom. The molecule has 4 nitrogen and oxygen atoms in total. The van der Waals surface area contributed by atoms with Crippen LogP contribution < -0.4 is 5.32 Å². The summed E-state index contributed by atoms with van der Waals surface area (Å²) < 4.78 is 7.36. The highest BCUT2D eigenvalue weighted by molar-refractivity contribution is 5.22. The molecule has 0 aliphatic carbocycles. The molecule has 0 fully saturated rings. The normalized spacial score (nSPS) is 10.9. The molecule has 108 valence electrons. The summed E-state index contributed by atoms with van der Waals surface area (Å²) in [6.45, 7) is 5.51. The van der Waals surface area contributed by atoms with Crippen LogP contribution in [0.2, 0.25) is 0 Å². The maximum atomic E-state index is 5.16. The predicted octanol–water partition coefficient (Wildman–Crippen LogP) is 2.73. The Kier molecular flexibility index (Phi) is 5.77. The lowest BCUT2D eigenvalue weighted by Gasteiger charge is -2.09. The van der Waals surface area contributed by atoms with Gasteiger partial charge in [-0.15, -0.1) is 0 Å². The second-order valence-corrected chi connectivity index (χ2v) is 4.89. The second kappa shape index (κ2) is 7.82. The Morgan fingerprint density at radius 2 is 2.10 bits per heavy atom. The quantitative estimate of drug-likeness (QED) is 0.804. The van der Waals surface area contributed by atoms with E-state index < -0.39 is 0 Å². The maximum Gasteiger partial charge on any atom is 0.122 e. The molecular formula is C16H23N3O. The Labute approximate surface area is 120 Å². The largest absolute Gasteiger partial charge is 0.380 e. The van der Waals surface area contributed by atoms with Crippen LogP contribution in [0.4, 0.5) is 0 Å². The van der Waals surface area contributed by atoms with E-state index in [1.165, 1.54) is 11.1 Å². The summed E-state index contributed by atoms with van der Waals surface area (Å²) in [4.78, 5) is 4.39. The van der Waals surface area contributed by atoms with Gasteiger partial charge in [0.05, 0.1) is 13.2 Å². The Bertz CT molecular complexity index is 522. The van der Waals surface area contributed by atoms with Crippen LogP contribution in [0.1, 0.15) is 30.3 Å². The Hall–Kier alpha value is -1.65. The SMILES string of the molecule is CCCn1ccnc1CNCc1cccc(COC)c1. The van der Waals surface area contributed by atoms with Gasteiger partial charge >= 0.3 is 0 Å². The summed E-state index contributed by atoms with van der Waals surface area (Å²) >= 11 is 0. The van der Waals surface area contributed by atoms with E-state index in [9.17, 15) is 0 Å². The van der Waals surface area contributed by atoms with Gasteiger partial charge in [-0.3, -0.25) is 0 Å². The van der Waals surface area contributed by atoms with Gasteiger partial charge < -0.3 is 14.6 Å². The summed E-state index contributed by atoms with van der Waals surface area (Å²) in [5.41, 5.74) is 2.48. The van der Waals surface area contributed by atoms with Crippen molar-refractivity contribution in [3.8, 4) is 0 Å². The maximum absolute atomic E-state index is 5.16. The number of rotatable bonds is 8. The van der Waals surface area contributed by atoms with Crippen molar-refractivity contribution < 1.29 is 4.74 Å². The summed E-state index contributed by atoms with van der Waals surface area (Å²) in [6.07, 6.45) is 5.04. The molecule has 0 saturated carbocycles. The highest BCUT2D eigenvalue weighted by atomic mass is 16.5. The van der Waals surface area contributed by atoms with Gasteiger partial charge in [-0.2, -0.15) is 0 Å². The van der Waals surface area contributed by atoms with Crippen molar-refractivity contribution in [3.05, 3.63) is 53.6 Å². The molecular weight excluding hydrogens is 250 g/mol. The number of methoxy groups -OCH3 is 1. The third-order valence-electron chi connectivity index (χ3n) is 3.18. The molecule has 0 spiro atoms. The van der Waals surface area contributed by atoms with Crippen molar-refractivity contribution in [1.29, 1.82) is 0 Å². The van der Waals surface area contributed by atoms with E-state index in [1.807, 2.05) is 12.4 Å². The molecule has 0 saturated heterocycles. The molecule has 0 atom stereocenters. The standard InChI is InChI=1S/C16H23N3O/c1-3-8-19-9-7-18-16(19)12-17-11-14-5-4-6-15(10-14)13-20-2/h4-7,9-10,17H,3,8,11-13H2,1-2H3. The van der Waals surface area contributed by atoms with Gasteiger partial charge in [0.1, 0.15) is 5.82 Å². The van der Waals surface area contributed by atoms with E-state index in [1.54, 1.807) is 7.11 Å². The summed E-state index contributed by atoms with van der Waals surface area (Å²) in [6, 6.07) is 8.46. The van der Waals surface area contributed by atoms with Crippen LogP contribution in [0.15, 0.2) is 36.7 Å². The van der Waals surface area contributed by atoms with Crippen molar-refractivity contribution in [2.45, 2.75) is 39.6 Å². The molecule has 1 N–H and O–H groups in total. The molecule has 1 aromatic carbocycles. The molecule has 2 rings (SSSR count). The van der Waals surface area contributed by atoms with Gasteiger partial charge in [0.15, 0.2) is 0 Å². The van der Waals surface area contributed by atoms with Gasteiger partial charge in [0, 0.05) is 32.6 Å². The third kappa shape index (κ3) is 4.18. The number of ether oxygens (including phenoxy) is 1. The van der Waals surface area contributed by atoms with E-state index in [0.717, 1.165) is 31.9 Å². The van der Waals surface area contributed by atoms with Crippen molar-refractivity contribution in [3.63, 3.8) is 0 Å². The molecule has 0 amide bonds. The summed E-state index contributed by atoms with van der Waals surface area (Å²) in [5, 5.41) is 3.45. The molecule has 0 aliphatic rings. The number of nitrogens with zero attached hydrogens (tertiary/aromatic N) is 2. The van der Waals surface area contributed by atoms with E-state index in [2.05, 4.69) is 46.1 Å². The van der Waals surface area contributed by atoms with Gasteiger partial charge in [-0.25, -0.2) is 4.98 Å². The average molecular weight is 273 g/mol. The fourth-order valence-corrected chi connectivity index (χ4v) is 2.27. The van der Waals surface area contributed by atoms with Crippen LogP contribution in [0.5, 0.6) is 0 Å². The van der Waals surface area contributed by atoms with Crippen molar-refractivity contribution in [2.24, 2.45) is 0 Å². The highest BCUT2D eigenvalue weighted by Crippen LogP contribution is 2.07. The van der Waals surface area contributed by atoms with Crippen LogP contribution in [0.25, 0.3) is 0 Å². The topological polar surface area (TPSA) is 39.1 Å². The lowest BCUT2D eigenvalue weighted by atomic mass is 10.1. The Balaban J connectivity index is 1.86. The number of aromatic nitrogens is 2.